The molecule has 6 nitrogen and oxygen atoms in total. The monoisotopic (exact) mass is 505 g/mol. The summed E-state index contributed by atoms with van der Waals surface area (Å²) in [6, 6.07) is 6.00. The van der Waals surface area contributed by atoms with Crippen molar-refractivity contribution in [1.29, 1.82) is 0 Å². The van der Waals surface area contributed by atoms with E-state index < -0.39 is 5.54 Å². The van der Waals surface area contributed by atoms with E-state index in [9.17, 15) is 9.59 Å². The molecule has 7 heteroatoms. The van der Waals surface area contributed by atoms with Gasteiger partial charge in [-0.3, -0.25) is 14.5 Å². The average molecular weight is 506 g/mol. The average Bonchev–Trinajstić information content (AvgIpc) is 2.84. The topological polar surface area (TPSA) is 61.9 Å². The Morgan fingerprint density at radius 1 is 1.11 bits per heavy atom. The van der Waals surface area contributed by atoms with E-state index in [1.165, 1.54) is 37.7 Å². The van der Waals surface area contributed by atoms with Crippen LogP contribution in [0, 0.1) is 12.8 Å². The number of ether oxygens (including phenoxy) is 1. The molecular formula is C28H44ClN3O3. The van der Waals surface area contributed by atoms with E-state index in [1.807, 2.05) is 11.0 Å². The molecule has 1 aromatic carbocycles. The summed E-state index contributed by atoms with van der Waals surface area (Å²) in [5, 5.41) is 3.20. The maximum absolute atomic E-state index is 13.7. The summed E-state index contributed by atoms with van der Waals surface area (Å²) in [7, 11) is 1.70. The van der Waals surface area contributed by atoms with Gasteiger partial charge in [0.1, 0.15) is 17.3 Å². The molecule has 196 valence electrons. The summed E-state index contributed by atoms with van der Waals surface area (Å²) in [5.41, 5.74) is 1.72. The van der Waals surface area contributed by atoms with Crippen molar-refractivity contribution in [3.8, 4) is 5.75 Å². The lowest BCUT2D eigenvalue weighted by Crippen LogP contribution is -2.73. The maximum Gasteiger partial charge on any atom is 0.246 e. The Hall–Kier alpha value is -1.79. The molecule has 1 N–H and O–H groups in total. The van der Waals surface area contributed by atoms with Crippen LogP contribution in [0.15, 0.2) is 18.2 Å². The van der Waals surface area contributed by atoms with Crippen molar-refractivity contribution < 1.29 is 14.3 Å². The van der Waals surface area contributed by atoms with Crippen molar-refractivity contribution in [2.45, 2.75) is 96.2 Å². The largest absolute Gasteiger partial charge is 0.496 e. The van der Waals surface area contributed by atoms with Crippen LogP contribution in [0.1, 0.15) is 82.3 Å². The van der Waals surface area contributed by atoms with Crippen molar-refractivity contribution in [1.82, 2.24) is 15.1 Å². The van der Waals surface area contributed by atoms with E-state index in [0.717, 1.165) is 50.2 Å². The number of nitrogens with zero attached hydrogens (tertiary/aromatic N) is 2. The van der Waals surface area contributed by atoms with E-state index >= 15 is 0 Å². The molecule has 2 heterocycles. The van der Waals surface area contributed by atoms with E-state index in [0.29, 0.717) is 25.3 Å². The Morgan fingerprint density at radius 3 is 2.46 bits per heavy atom. The molecule has 1 aromatic rings. The van der Waals surface area contributed by atoms with Gasteiger partial charge in [-0.15, -0.1) is 12.4 Å². The van der Waals surface area contributed by atoms with Gasteiger partial charge in [-0.05, 0) is 55.7 Å². The van der Waals surface area contributed by atoms with Gasteiger partial charge in [0.2, 0.25) is 11.8 Å². The van der Waals surface area contributed by atoms with Crippen molar-refractivity contribution in [2.75, 3.05) is 26.7 Å². The number of rotatable bonds is 8. The second kappa shape index (κ2) is 12.4. The number of halogens is 1. The summed E-state index contributed by atoms with van der Waals surface area (Å²) in [6.07, 6.45) is 10.4. The highest BCUT2D eigenvalue weighted by Gasteiger charge is 2.53. The third kappa shape index (κ3) is 6.14. The predicted octanol–water partition coefficient (Wildman–Crippen LogP) is 4.86. The highest BCUT2D eigenvalue weighted by molar-refractivity contribution is 6.00. The molecular weight excluding hydrogens is 462 g/mol. The Morgan fingerprint density at radius 2 is 1.83 bits per heavy atom. The number of hydrogen-bond donors (Lipinski definition) is 1. The Bertz CT molecular complexity index is 863. The van der Waals surface area contributed by atoms with Crippen LogP contribution in [0.4, 0.5) is 0 Å². The van der Waals surface area contributed by atoms with Crippen LogP contribution >= 0.6 is 12.4 Å². The summed E-state index contributed by atoms with van der Waals surface area (Å²) in [5.74, 6) is 1.73. The summed E-state index contributed by atoms with van der Waals surface area (Å²) in [6.45, 7) is 7.42. The van der Waals surface area contributed by atoms with Gasteiger partial charge in [-0.1, -0.05) is 57.6 Å². The van der Waals surface area contributed by atoms with Crippen molar-refractivity contribution in [2.24, 2.45) is 5.92 Å². The van der Waals surface area contributed by atoms with Gasteiger partial charge < -0.3 is 15.0 Å². The summed E-state index contributed by atoms with van der Waals surface area (Å²) in [4.78, 5) is 31.7. The van der Waals surface area contributed by atoms with Crippen LogP contribution in [0.25, 0.3) is 0 Å². The van der Waals surface area contributed by atoms with Gasteiger partial charge in [0, 0.05) is 26.2 Å². The zero-order valence-electron chi connectivity index (χ0n) is 21.8. The number of unbranched alkanes of at least 4 members (excludes halogenated alkanes) is 1. The van der Waals surface area contributed by atoms with Crippen LogP contribution < -0.4 is 10.1 Å². The first-order valence-electron chi connectivity index (χ1n) is 13.4. The third-order valence-electron chi connectivity index (χ3n) is 8.39. The zero-order chi connectivity index (χ0) is 24.1. The van der Waals surface area contributed by atoms with Crippen LogP contribution in [0.3, 0.4) is 0 Å². The number of piperazine rings is 1. The van der Waals surface area contributed by atoms with Crippen LogP contribution in [-0.4, -0.2) is 59.9 Å². The fraction of sp³-hybridized carbons (Fsp3) is 0.714. The standard InChI is InChI=1S/C28H43N3O3.ClH/c1-4-5-15-31-26(32)24(19-22-9-7-6-8-10-22)29-27(33)28(31)13-16-30(17-14-28)20-23-11-12-25(34-3)21(2)18-23;/h11-12,18,22,24H,4-10,13-17,19-20H2,1-3H3,(H,29,33);1H/t24-;/m0./s1. The number of carbonyl (C=O) groups is 2. The molecule has 1 saturated carbocycles. The number of likely N-dealkylation sites (tertiary alicyclic amines) is 1. The van der Waals surface area contributed by atoms with Crippen molar-refractivity contribution >= 4 is 24.2 Å². The van der Waals surface area contributed by atoms with Gasteiger partial charge in [0.15, 0.2) is 0 Å². The fourth-order valence-electron chi connectivity index (χ4n) is 6.31. The second-order valence-electron chi connectivity index (χ2n) is 10.7. The van der Waals surface area contributed by atoms with Gasteiger partial charge in [-0.25, -0.2) is 0 Å². The van der Waals surface area contributed by atoms with E-state index in [-0.39, 0.29) is 30.3 Å². The highest BCUT2D eigenvalue weighted by atomic mass is 35.5. The number of methoxy groups -OCH3 is 1. The van der Waals surface area contributed by atoms with Gasteiger partial charge in [0.25, 0.3) is 0 Å². The van der Waals surface area contributed by atoms with Crippen LogP contribution in [-0.2, 0) is 16.1 Å². The number of hydrogen-bond acceptors (Lipinski definition) is 4. The van der Waals surface area contributed by atoms with Crippen molar-refractivity contribution in [3.05, 3.63) is 29.3 Å². The fourth-order valence-corrected chi connectivity index (χ4v) is 6.31. The summed E-state index contributed by atoms with van der Waals surface area (Å²) >= 11 is 0. The molecule has 2 saturated heterocycles. The summed E-state index contributed by atoms with van der Waals surface area (Å²) < 4.78 is 5.39. The smallest absolute Gasteiger partial charge is 0.246 e. The number of amides is 2. The lowest BCUT2D eigenvalue weighted by molar-refractivity contribution is -0.162. The first-order chi connectivity index (χ1) is 16.5. The first kappa shape index (κ1) is 27.8. The molecule has 0 radical (unpaired) electrons. The molecule has 4 rings (SSSR count). The van der Waals surface area contributed by atoms with Crippen LogP contribution in [0.5, 0.6) is 5.75 Å². The molecule has 2 aliphatic heterocycles. The normalized spacial score (nSPS) is 23.2. The highest BCUT2D eigenvalue weighted by Crippen LogP contribution is 2.36. The second-order valence-corrected chi connectivity index (χ2v) is 10.7. The lowest BCUT2D eigenvalue weighted by Gasteiger charge is -2.52. The van der Waals surface area contributed by atoms with E-state index in [2.05, 4.69) is 36.2 Å². The molecule has 1 atom stereocenters. The first-order valence-corrected chi connectivity index (χ1v) is 13.4. The molecule has 0 aromatic heterocycles. The number of aryl methyl sites for hydroxylation is 1. The third-order valence-corrected chi connectivity index (χ3v) is 8.39. The molecule has 1 aliphatic carbocycles. The van der Waals surface area contributed by atoms with E-state index in [1.54, 1.807) is 7.11 Å². The van der Waals surface area contributed by atoms with Gasteiger partial charge in [-0.2, -0.15) is 0 Å². The van der Waals surface area contributed by atoms with Crippen LogP contribution in [0.2, 0.25) is 0 Å². The van der Waals surface area contributed by atoms with E-state index in [4.69, 9.17) is 4.74 Å². The lowest BCUT2D eigenvalue weighted by atomic mass is 9.79. The molecule has 2 amide bonds. The van der Waals surface area contributed by atoms with Crippen molar-refractivity contribution in [3.63, 3.8) is 0 Å². The number of piperidine rings is 1. The molecule has 0 bridgehead atoms. The van der Waals surface area contributed by atoms with Gasteiger partial charge >= 0.3 is 0 Å². The quantitative estimate of drug-likeness (QED) is 0.548. The number of nitrogens with one attached hydrogen (secondary N) is 1. The minimum Gasteiger partial charge on any atom is -0.496 e. The minimum absolute atomic E-state index is 0. The Kier molecular flexibility index (Phi) is 9.88. The SMILES string of the molecule is CCCCN1C(=O)[C@H](CC2CCCCC2)NC(=O)C12CCN(Cc1ccc(OC)c(C)c1)CC2.Cl. The molecule has 3 fully saturated rings. The Balaban J connectivity index is 0.00000342. The zero-order valence-corrected chi connectivity index (χ0v) is 22.6. The predicted molar refractivity (Wildman–Crippen MR) is 142 cm³/mol. The minimum atomic E-state index is -0.679. The number of benzene rings is 1. The number of carbonyl (C=O) groups excluding carboxylic acids is 2. The Labute approximate surface area is 217 Å². The molecule has 1 spiro atoms. The molecule has 3 aliphatic rings. The maximum atomic E-state index is 13.7. The van der Waals surface area contributed by atoms with Gasteiger partial charge in [0.05, 0.1) is 7.11 Å². The molecule has 35 heavy (non-hydrogen) atoms. The molecule has 0 unspecified atom stereocenters.